The van der Waals surface area contributed by atoms with Crippen molar-refractivity contribution in [1.82, 2.24) is 9.62 Å². The Morgan fingerprint density at radius 3 is 2.35 bits per heavy atom. The molecule has 9 nitrogen and oxygen atoms in total. The van der Waals surface area contributed by atoms with Gasteiger partial charge in [-0.15, -0.1) is 0 Å². The predicted octanol–water partition coefficient (Wildman–Crippen LogP) is 1.39. The summed E-state index contributed by atoms with van der Waals surface area (Å²) in [6.07, 6.45) is 0. The van der Waals surface area contributed by atoms with Gasteiger partial charge in [-0.1, -0.05) is 12.1 Å². The first-order valence-electron chi connectivity index (χ1n) is 9.76. The van der Waals surface area contributed by atoms with E-state index in [1.54, 1.807) is 30.3 Å². The van der Waals surface area contributed by atoms with E-state index in [1.165, 1.54) is 26.3 Å². The summed E-state index contributed by atoms with van der Waals surface area (Å²) in [5.74, 6) is -1.12. The second kappa shape index (κ2) is 9.46. The van der Waals surface area contributed by atoms with Crippen LogP contribution in [0.1, 0.15) is 20.7 Å². The van der Waals surface area contributed by atoms with Crippen molar-refractivity contribution in [2.45, 2.75) is 4.90 Å². The molecule has 1 aliphatic rings. The number of hydrogen-bond acceptors (Lipinski definition) is 7. The van der Waals surface area contributed by atoms with E-state index >= 15 is 0 Å². The Balaban J connectivity index is 1.95. The number of nitrogens with zero attached hydrogens (tertiary/aromatic N) is 2. The van der Waals surface area contributed by atoms with Crippen LogP contribution in [-0.4, -0.2) is 72.6 Å². The quantitative estimate of drug-likeness (QED) is 0.646. The molecule has 166 valence electrons. The first-order valence-corrected chi connectivity index (χ1v) is 11.2. The fourth-order valence-electron chi connectivity index (χ4n) is 3.36. The number of esters is 1. The Labute approximate surface area is 182 Å². The molecule has 0 saturated carbocycles. The Kier molecular flexibility index (Phi) is 6.94. The summed E-state index contributed by atoms with van der Waals surface area (Å²) in [5.41, 5.74) is 1.19. The lowest BCUT2D eigenvalue weighted by Gasteiger charge is -2.35. The molecule has 0 atom stereocenters. The third kappa shape index (κ3) is 5.04. The highest BCUT2D eigenvalue weighted by Crippen LogP contribution is 2.28. The number of amides is 1. The molecule has 1 aliphatic heterocycles. The Morgan fingerprint density at radius 2 is 1.71 bits per heavy atom. The molecule has 0 unspecified atom stereocenters. The van der Waals surface area contributed by atoms with Crippen LogP contribution in [0.2, 0.25) is 0 Å². The first-order chi connectivity index (χ1) is 14.8. The summed E-state index contributed by atoms with van der Waals surface area (Å²) in [6.45, 7) is 2.98. The molecule has 1 heterocycles. The molecular formula is C21H26N4O5S. The molecule has 0 radical (unpaired) electrons. The van der Waals surface area contributed by atoms with Gasteiger partial charge in [-0.25, -0.2) is 17.9 Å². The summed E-state index contributed by atoms with van der Waals surface area (Å²) in [6, 6.07) is 11.0. The number of nitrogens with one attached hydrogen (secondary N) is 2. The standard InChI is InChI=1S/C21H26N4O5S/c1-22-31(28,29)19-14-15(8-9-18(19)25-12-10-24(2)11-13-25)20(26)23-17-7-5-4-6-16(17)21(27)30-3/h4-9,14,22H,10-13H2,1-3H3,(H,23,26). The average molecular weight is 447 g/mol. The van der Waals surface area contributed by atoms with Crippen molar-refractivity contribution in [3.05, 3.63) is 53.6 Å². The Hall–Kier alpha value is -2.95. The van der Waals surface area contributed by atoms with Crippen molar-refractivity contribution in [1.29, 1.82) is 0 Å². The van der Waals surface area contributed by atoms with Gasteiger partial charge in [-0.05, 0) is 44.4 Å². The van der Waals surface area contributed by atoms with Crippen LogP contribution in [-0.2, 0) is 14.8 Å². The minimum absolute atomic E-state index is 0.0356. The summed E-state index contributed by atoms with van der Waals surface area (Å²) >= 11 is 0. The highest BCUT2D eigenvalue weighted by atomic mass is 32.2. The average Bonchev–Trinajstić information content (AvgIpc) is 2.79. The molecule has 2 N–H and O–H groups in total. The minimum atomic E-state index is -3.81. The van der Waals surface area contributed by atoms with Crippen LogP contribution < -0.4 is 14.9 Å². The van der Waals surface area contributed by atoms with Gasteiger partial charge in [0.2, 0.25) is 10.0 Å². The third-order valence-electron chi connectivity index (χ3n) is 5.20. The molecule has 0 bridgehead atoms. The molecule has 31 heavy (non-hydrogen) atoms. The zero-order valence-electron chi connectivity index (χ0n) is 17.7. The lowest BCUT2D eigenvalue weighted by Crippen LogP contribution is -2.45. The van der Waals surface area contributed by atoms with E-state index in [0.29, 0.717) is 18.8 Å². The van der Waals surface area contributed by atoms with E-state index in [9.17, 15) is 18.0 Å². The fraction of sp³-hybridized carbons (Fsp3) is 0.333. The number of benzene rings is 2. The first kappa shape index (κ1) is 22.7. The maximum atomic E-state index is 12.9. The van der Waals surface area contributed by atoms with E-state index < -0.39 is 21.9 Å². The zero-order chi connectivity index (χ0) is 22.6. The van der Waals surface area contributed by atoms with E-state index in [-0.39, 0.29) is 21.7 Å². The summed E-state index contributed by atoms with van der Waals surface area (Å²) < 4.78 is 32.5. The van der Waals surface area contributed by atoms with Gasteiger partial charge in [0.05, 0.1) is 24.0 Å². The molecule has 10 heteroatoms. The lowest BCUT2D eigenvalue weighted by molar-refractivity contribution is 0.0602. The Bertz CT molecular complexity index is 1080. The molecule has 1 saturated heterocycles. The number of para-hydroxylation sites is 1. The maximum Gasteiger partial charge on any atom is 0.339 e. The molecular weight excluding hydrogens is 420 g/mol. The van der Waals surface area contributed by atoms with Crippen molar-refractivity contribution in [2.75, 3.05) is 57.6 Å². The lowest BCUT2D eigenvalue weighted by atomic mass is 10.1. The van der Waals surface area contributed by atoms with Gasteiger partial charge < -0.3 is 19.9 Å². The van der Waals surface area contributed by atoms with Crippen LogP contribution >= 0.6 is 0 Å². The second-order valence-electron chi connectivity index (χ2n) is 7.17. The zero-order valence-corrected chi connectivity index (χ0v) is 18.5. The smallest absolute Gasteiger partial charge is 0.339 e. The van der Waals surface area contributed by atoms with E-state index in [0.717, 1.165) is 13.1 Å². The topological polar surface area (TPSA) is 108 Å². The SMILES string of the molecule is CNS(=O)(=O)c1cc(C(=O)Nc2ccccc2C(=O)OC)ccc1N1CCN(C)CC1. The second-order valence-corrected chi connectivity index (χ2v) is 9.03. The highest BCUT2D eigenvalue weighted by Gasteiger charge is 2.25. The Morgan fingerprint density at radius 1 is 1.03 bits per heavy atom. The van der Waals surface area contributed by atoms with Crippen molar-refractivity contribution < 1.29 is 22.7 Å². The van der Waals surface area contributed by atoms with Crippen LogP contribution in [0.5, 0.6) is 0 Å². The number of carbonyl (C=O) groups excluding carboxylic acids is 2. The number of piperazine rings is 1. The monoisotopic (exact) mass is 446 g/mol. The van der Waals surface area contributed by atoms with Gasteiger partial charge >= 0.3 is 5.97 Å². The number of rotatable bonds is 6. The third-order valence-corrected chi connectivity index (χ3v) is 6.65. The van der Waals surface area contributed by atoms with Crippen LogP contribution in [0, 0.1) is 0 Å². The molecule has 0 spiro atoms. The molecule has 0 aliphatic carbocycles. The van der Waals surface area contributed by atoms with Crippen molar-refractivity contribution in [2.24, 2.45) is 0 Å². The fourth-order valence-corrected chi connectivity index (χ4v) is 4.34. The van der Waals surface area contributed by atoms with Crippen molar-refractivity contribution >= 4 is 33.3 Å². The van der Waals surface area contributed by atoms with Gasteiger partial charge in [0.15, 0.2) is 0 Å². The number of anilines is 2. The molecule has 2 aromatic rings. The van der Waals surface area contributed by atoms with E-state index in [1.807, 2.05) is 11.9 Å². The van der Waals surface area contributed by atoms with Crippen LogP contribution in [0.3, 0.4) is 0 Å². The van der Waals surface area contributed by atoms with Crippen LogP contribution in [0.15, 0.2) is 47.4 Å². The number of carbonyl (C=O) groups is 2. The summed E-state index contributed by atoms with van der Waals surface area (Å²) in [4.78, 5) is 29.0. The van der Waals surface area contributed by atoms with Crippen molar-refractivity contribution in [3.8, 4) is 0 Å². The molecule has 0 aromatic heterocycles. The summed E-state index contributed by atoms with van der Waals surface area (Å²) in [7, 11) is 0.803. The molecule has 1 amide bonds. The summed E-state index contributed by atoms with van der Waals surface area (Å²) in [5, 5.41) is 2.67. The maximum absolute atomic E-state index is 12.9. The predicted molar refractivity (Wildman–Crippen MR) is 118 cm³/mol. The van der Waals surface area contributed by atoms with Crippen LogP contribution in [0.4, 0.5) is 11.4 Å². The normalized spacial score (nSPS) is 14.9. The number of likely N-dealkylation sites (N-methyl/N-ethyl adjacent to an activating group) is 1. The molecule has 1 fully saturated rings. The molecule has 2 aromatic carbocycles. The van der Waals surface area contributed by atoms with Gasteiger partial charge in [-0.2, -0.15) is 0 Å². The number of methoxy groups -OCH3 is 1. The highest BCUT2D eigenvalue weighted by molar-refractivity contribution is 7.89. The number of ether oxygens (including phenoxy) is 1. The van der Waals surface area contributed by atoms with Gasteiger partial charge in [0.25, 0.3) is 5.91 Å². The van der Waals surface area contributed by atoms with E-state index in [4.69, 9.17) is 4.74 Å². The van der Waals surface area contributed by atoms with Gasteiger partial charge in [0.1, 0.15) is 4.90 Å². The van der Waals surface area contributed by atoms with Gasteiger partial charge in [-0.3, -0.25) is 4.79 Å². The van der Waals surface area contributed by atoms with Gasteiger partial charge in [0, 0.05) is 31.7 Å². The largest absolute Gasteiger partial charge is 0.465 e. The minimum Gasteiger partial charge on any atom is -0.465 e. The van der Waals surface area contributed by atoms with Crippen molar-refractivity contribution in [3.63, 3.8) is 0 Å². The van der Waals surface area contributed by atoms with Crippen LogP contribution in [0.25, 0.3) is 0 Å². The molecule has 3 rings (SSSR count). The number of sulfonamides is 1. The van der Waals surface area contributed by atoms with E-state index in [2.05, 4.69) is 14.9 Å². The number of hydrogen-bond donors (Lipinski definition) is 2.